The van der Waals surface area contributed by atoms with E-state index in [0.717, 1.165) is 55.8 Å². The number of methoxy groups -OCH3 is 1. The zero-order valence-electron chi connectivity index (χ0n) is 23.4. The van der Waals surface area contributed by atoms with Crippen LogP contribution in [0.15, 0.2) is 114 Å². The number of hydrogen-bond donors (Lipinski definition) is 3. The summed E-state index contributed by atoms with van der Waals surface area (Å²) < 4.78 is 7.99. The molecule has 0 saturated heterocycles. The highest BCUT2D eigenvalue weighted by Gasteiger charge is 2.13. The summed E-state index contributed by atoms with van der Waals surface area (Å²) in [6, 6.07) is 33.2. The second kappa shape index (κ2) is 12.5. The lowest BCUT2D eigenvalue weighted by atomic mass is 10.0. The zero-order valence-corrected chi connectivity index (χ0v) is 25.0. The first-order valence-corrected chi connectivity index (χ1v) is 14.6. The lowest BCUT2D eigenvalue weighted by molar-refractivity contribution is 0.102. The van der Waals surface area contributed by atoms with Crippen LogP contribution in [0.2, 0.25) is 0 Å². The largest absolute Gasteiger partial charge is 0.497 e. The van der Waals surface area contributed by atoms with Crippen molar-refractivity contribution in [1.29, 1.82) is 0 Å². The molecule has 0 atom stereocenters. The molecule has 9 heteroatoms. The van der Waals surface area contributed by atoms with Gasteiger partial charge in [-0.2, -0.15) is 9.61 Å². The highest BCUT2D eigenvalue weighted by Crippen LogP contribution is 2.30. The van der Waals surface area contributed by atoms with Gasteiger partial charge in [-0.1, -0.05) is 48.5 Å². The molecule has 6 aromatic rings. The maximum absolute atomic E-state index is 12.7. The molecule has 4 N–H and O–H groups in total. The van der Waals surface area contributed by atoms with Crippen LogP contribution >= 0.6 is 15.9 Å². The van der Waals surface area contributed by atoms with E-state index in [-0.39, 0.29) is 5.91 Å². The van der Waals surface area contributed by atoms with Crippen LogP contribution < -0.4 is 21.1 Å². The average molecular weight is 634 g/mol. The lowest BCUT2D eigenvalue weighted by Crippen LogP contribution is -2.12. The molecule has 8 nitrogen and oxygen atoms in total. The van der Waals surface area contributed by atoms with Gasteiger partial charge in [-0.15, -0.1) is 0 Å². The number of carbonyl (C=O) groups is 1. The second-order valence-electron chi connectivity index (χ2n) is 9.96. The third-order valence-electron chi connectivity index (χ3n) is 7.09. The number of hydrogen-bond acceptors (Lipinski definition) is 6. The number of nitrogens with one attached hydrogen (secondary N) is 2. The Balaban J connectivity index is 1.21. The fourth-order valence-electron chi connectivity index (χ4n) is 4.78. The van der Waals surface area contributed by atoms with E-state index in [9.17, 15) is 4.79 Å². The molecule has 0 fully saturated rings. The highest BCUT2D eigenvalue weighted by atomic mass is 79.9. The number of ether oxygens (including phenoxy) is 1. The Morgan fingerprint density at radius 2 is 1.60 bits per heavy atom. The fourth-order valence-corrected chi connectivity index (χ4v) is 5.16. The van der Waals surface area contributed by atoms with Crippen LogP contribution in [0.25, 0.3) is 27.9 Å². The van der Waals surface area contributed by atoms with Crippen molar-refractivity contribution in [1.82, 2.24) is 14.6 Å². The van der Waals surface area contributed by atoms with Gasteiger partial charge < -0.3 is 21.1 Å². The molecule has 0 spiro atoms. The first kappa shape index (κ1) is 28.1. The average Bonchev–Trinajstić information content (AvgIpc) is 3.43. The quantitative estimate of drug-likeness (QED) is 0.154. The van der Waals surface area contributed by atoms with Crippen LogP contribution in [-0.4, -0.2) is 34.2 Å². The number of anilines is 3. The molecule has 0 radical (unpaired) electrons. The van der Waals surface area contributed by atoms with Crippen molar-refractivity contribution in [2.75, 3.05) is 24.3 Å². The molecule has 43 heavy (non-hydrogen) atoms. The summed E-state index contributed by atoms with van der Waals surface area (Å²) in [5, 5.41) is 10.8. The second-order valence-corrected chi connectivity index (χ2v) is 10.8. The Bertz CT molecular complexity index is 1880. The molecular weight excluding hydrogens is 604 g/mol. The Morgan fingerprint density at radius 1 is 0.884 bits per heavy atom. The van der Waals surface area contributed by atoms with Gasteiger partial charge in [-0.3, -0.25) is 4.79 Å². The molecule has 0 aliphatic heterocycles. The number of nitrogens with zero attached hydrogens (tertiary/aromatic N) is 3. The summed E-state index contributed by atoms with van der Waals surface area (Å²) in [7, 11) is 1.67. The molecule has 0 aliphatic rings. The first-order valence-electron chi connectivity index (χ1n) is 13.8. The summed E-state index contributed by atoms with van der Waals surface area (Å²) in [5.41, 5.74) is 13.6. The van der Waals surface area contributed by atoms with E-state index in [0.29, 0.717) is 23.7 Å². The van der Waals surface area contributed by atoms with E-state index in [2.05, 4.69) is 62.0 Å². The van der Waals surface area contributed by atoms with E-state index in [1.54, 1.807) is 17.8 Å². The van der Waals surface area contributed by atoms with Crippen molar-refractivity contribution >= 4 is 44.7 Å². The zero-order chi connectivity index (χ0) is 29.8. The van der Waals surface area contributed by atoms with E-state index in [4.69, 9.17) is 15.5 Å². The Labute approximate surface area is 257 Å². The van der Waals surface area contributed by atoms with Crippen molar-refractivity contribution < 1.29 is 9.53 Å². The van der Waals surface area contributed by atoms with Crippen LogP contribution in [-0.2, 0) is 6.42 Å². The number of aromatic nitrogens is 3. The molecular formula is C34H29BrN6O2. The van der Waals surface area contributed by atoms with Crippen LogP contribution in [0.3, 0.4) is 0 Å². The minimum Gasteiger partial charge on any atom is -0.497 e. The minimum atomic E-state index is -0.171. The summed E-state index contributed by atoms with van der Waals surface area (Å²) in [4.78, 5) is 17.6. The van der Waals surface area contributed by atoms with Gasteiger partial charge in [0, 0.05) is 22.5 Å². The summed E-state index contributed by atoms with van der Waals surface area (Å²) in [6.45, 7) is 0.577. The summed E-state index contributed by atoms with van der Waals surface area (Å²) >= 11 is 3.62. The Kier molecular flexibility index (Phi) is 8.17. The van der Waals surface area contributed by atoms with Crippen LogP contribution in [0.1, 0.15) is 15.9 Å². The van der Waals surface area contributed by atoms with E-state index >= 15 is 0 Å². The van der Waals surface area contributed by atoms with Gasteiger partial charge in [0.25, 0.3) is 5.91 Å². The maximum Gasteiger partial charge on any atom is 0.255 e. The predicted molar refractivity (Wildman–Crippen MR) is 175 cm³/mol. The number of fused-ring (bicyclic) bond motifs is 1. The predicted octanol–water partition coefficient (Wildman–Crippen LogP) is 7.33. The third-order valence-corrected chi connectivity index (χ3v) is 7.70. The van der Waals surface area contributed by atoms with Crippen molar-refractivity contribution in [2.45, 2.75) is 6.42 Å². The highest BCUT2D eigenvalue weighted by molar-refractivity contribution is 9.10. The Hall–Kier alpha value is -4.99. The summed E-state index contributed by atoms with van der Waals surface area (Å²) in [6.07, 6.45) is 2.53. The number of nitrogens with two attached hydrogens (primary N) is 1. The van der Waals surface area contributed by atoms with E-state index in [1.165, 1.54) is 0 Å². The van der Waals surface area contributed by atoms with Crippen molar-refractivity contribution in [3.05, 3.63) is 125 Å². The Morgan fingerprint density at radius 3 is 2.33 bits per heavy atom. The van der Waals surface area contributed by atoms with Gasteiger partial charge in [0.15, 0.2) is 0 Å². The van der Waals surface area contributed by atoms with Crippen molar-refractivity contribution in [2.24, 2.45) is 5.73 Å². The molecule has 1 amide bonds. The molecule has 214 valence electrons. The van der Waals surface area contributed by atoms with Gasteiger partial charge in [-0.05, 0) is 100 Å². The molecule has 0 saturated carbocycles. The normalized spacial score (nSPS) is 11.0. The molecule has 2 aromatic heterocycles. The lowest BCUT2D eigenvalue weighted by Gasteiger charge is -2.12. The number of carbonyl (C=O) groups excluding carboxylic acids is 1. The third kappa shape index (κ3) is 6.28. The number of benzene rings is 4. The van der Waals surface area contributed by atoms with Gasteiger partial charge >= 0.3 is 0 Å². The molecule has 2 heterocycles. The van der Waals surface area contributed by atoms with Crippen LogP contribution in [0.5, 0.6) is 5.75 Å². The number of halogens is 1. The van der Waals surface area contributed by atoms with Gasteiger partial charge in [0.1, 0.15) is 5.75 Å². The molecule has 4 aromatic carbocycles. The number of rotatable bonds is 9. The molecule has 6 rings (SSSR count). The fraction of sp³-hybridized carbons (Fsp3) is 0.0882. The summed E-state index contributed by atoms with van der Waals surface area (Å²) in [5.74, 6) is 1.21. The monoisotopic (exact) mass is 632 g/mol. The van der Waals surface area contributed by atoms with Gasteiger partial charge in [0.05, 0.1) is 29.0 Å². The first-order chi connectivity index (χ1) is 21.0. The van der Waals surface area contributed by atoms with Gasteiger partial charge in [-0.25, -0.2) is 4.98 Å². The van der Waals surface area contributed by atoms with E-state index < -0.39 is 0 Å². The molecule has 0 unspecified atom stereocenters. The number of amides is 1. The SMILES string of the molecule is COc1cccc(-c2ccc(-c3cc4c(Br)cnn4c(Nc4ccc(NC(=O)c5ccc(CCN)cc5)cc4)n3)cc2)c1. The maximum atomic E-state index is 12.7. The molecule has 0 aliphatic carbocycles. The van der Waals surface area contributed by atoms with Gasteiger partial charge in [0.2, 0.25) is 5.95 Å². The van der Waals surface area contributed by atoms with Crippen LogP contribution in [0.4, 0.5) is 17.3 Å². The van der Waals surface area contributed by atoms with Crippen molar-refractivity contribution in [3.63, 3.8) is 0 Å². The minimum absolute atomic E-state index is 0.171. The topological polar surface area (TPSA) is 107 Å². The smallest absolute Gasteiger partial charge is 0.255 e. The molecule has 0 bridgehead atoms. The van der Waals surface area contributed by atoms with Crippen LogP contribution in [0, 0.1) is 0 Å². The standard InChI is InChI=1S/C34H29BrN6O2/c1-43-29-4-2-3-26(19-29)23-9-11-24(12-10-23)31-20-32-30(35)21-37-41(32)34(40-31)39-28-15-13-27(14-16-28)38-33(42)25-7-5-22(6-8-25)17-18-36/h2-16,19-21H,17-18,36H2,1H3,(H,38,42)(H,39,40). The van der Waals surface area contributed by atoms with E-state index in [1.807, 2.05) is 72.8 Å². The van der Waals surface area contributed by atoms with Crippen molar-refractivity contribution in [3.8, 4) is 28.1 Å².